The summed E-state index contributed by atoms with van der Waals surface area (Å²) < 4.78 is 16.8. The number of nitrogens with one attached hydrogen (secondary N) is 1. The maximum atomic E-state index is 12.3. The van der Waals surface area contributed by atoms with Gasteiger partial charge in [-0.3, -0.25) is 9.59 Å². The molecule has 0 spiro atoms. The average molecular weight is 446 g/mol. The smallest absolute Gasteiger partial charge is 0.163 e. The van der Waals surface area contributed by atoms with Gasteiger partial charge in [0, 0.05) is 30.0 Å². The van der Waals surface area contributed by atoms with Crippen molar-refractivity contribution >= 4 is 34.6 Å². The Kier molecular flexibility index (Phi) is 7.37. The number of rotatable bonds is 10. The highest BCUT2D eigenvalue weighted by atomic mass is 16.5. The lowest BCUT2D eigenvalue weighted by Gasteiger charge is -2.13. The van der Waals surface area contributed by atoms with E-state index in [4.69, 9.17) is 14.2 Å². The molecule has 1 unspecified atom stereocenters. The predicted molar refractivity (Wildman–Crippen MR) is 128 cm³/mol. The van der Waals surface area contributed by atoms with Gasteiger partial charge >= 0.3 is 0 Å². The Hall–Kier alpha value is -3.64. The number of ketones is 2. The molecule has 1 aliphatic rings. The van der Waals surface area contributed by atoms with Crippen LogP contribution in [0.3, 0.4) is 0 Å². The highest BCUT2D eigenvalue weighted by Crippen LogP contribution is 2.26. The van der Waals surface area contributed by atoms with Crippen LogP contribution in [0.5, 0.6) is 11.5 Å². The molecule has 6 heteroatoms. The van der Waals surface area contributed by atoms with Gasteiger partial charge in [0.05, 0.1) is 19.6 Å². The summed E-state index contributed by atoms with van der Waals surface area (Å²) >= 11 is 0. The van der Waals surface area contributed by atoms with Crippen LogP contribution in [0, 0.1) is 0 Å². The second kappa shape index (κ2) is 10.8. The molecule has 1 atom stereocenters. The van der Waals surface area contributed by atoms with Crippen LogP contribution < -0.4 is 9.47 Å². The van der Waals surface area contributed by atoms with Crippen molar-refractivity contribution in [2.75, 3.05) is 20.3 Å². The van der Waals surface area contributed by atoms with Crippen LogP contribution in [0.4, 0.5) is 0 Å². The van der Waals surface area contributed by atoms with E-state index in [9.17, 15) is 9.59 Å². The average Bonchev–Trinajstić information content (AvgIpc) is 3.52. The Labute approximate surface area is 192 Å². The zero-order valence-electron chi connectivity index (χ0n) is 18.6. The van der Waals surface area contributed by atoms with Gasteiger partial charge < -0.3 is 19.2 Å². The van der Waals surface area contributed by atoms with E-state index in [-0.39, 0.29) is 24.1 Å². The number of methoxy groups -OCH3 is 1. The lowest BCUT2D eigenvalue weighted by atomic mass is 10.1. The molecule has 1 aromatic heterocycles. The predicted octanol–water partition coefficient (Wildman–Crippen LogP) is 4.99. The molecule has 1 saturated heterocycles. The van der Waals surface area contributed by atoms with E-state index >= 15 is 0 Å². The lowest BCUT2D eigenvalue weighted by molar-refractivity contribution is -0.121. The minimum absolute atomic E-state index is 0.135. The first-order valence-corrected chi connectivity index (χ1v) is 11.0. The molecule has 2 heterocycles. The molecule has 0 saturated carbocycles. The Morgan fingerprint density at radius 3 is 2.73 bits per heavy atom. The molecule has 3 aromatic rings. The van der Waals surface area contributed by atoms with Crippen molar-refractivity contribution < 1.29 is 23.8 Å². The third-order valence-electron chi connectivity index (χ3n) is 5.50. The molecule has 0 radical (unpaired) electrons. The van der Waals surface area contributed by atoms with Crippen LogP contribution >= 0.6 is 0 Å². The Balaban J connectivity index is 1.31. The van der Waals surface area contributed by atoms with Gasteiger partial charge in [0.2, 0.25) is 0 Å². The molecule has 1 fully saturated rings. The third kappa shape index (κ3) is 6.20. The summed E-state index contributed by atoms with van der Waals surface area (Å²) in [7, 11) is 1.57. The van der Waals surface area contributed by atoms with E-state index in [0.29, 0.717) is 18.1 Å². The molecular formula is C27H27NO5. The van der Waals surface area contributed by atoms with Gasteiger partial charge in [-0.05, 0) is 66.3 Å². The highest BCUT2D eigenvalue weighted by Gasteiger charge is 2.16. The normalized spacial score (nSPS) is 16.1. The van der Waals surface area contributed by atoms with Crippen molar-refractivity contribution in [3.05, 3.63) is 71.9 Å². The number of carbonyl (C=O) groups excluding carboxylic acids is 2. The molecule has 33 heavy (non-hydrogen) atoms. The Morgan fingerprint density at radius 2 is 1.94 bits per heavy atom. The zero-order chi connectivity index (χ0) is 23.0. The second-order valence-corrected chi connectivity index (χ2v) is 7.95. The number of H-pyrrole nitrogens is 1. The summed E-state index contributed by atoms with van der Waals surface area (Å²) in [6.07, 6.45) is 10.1. The SMILES string of the molecule is COc1cc(OCC2CCCO2)ccc1/C=C/C(=O)CC(=O)/C=C/c1ccc2cc[nH]c2c1. The summed E-state index contributed by atoms with van der Waals surface area (Å²) in [4.78, 5) is 27.6. The van der Waals surface area contributed by atoms with E-state index in [1.54, 1.807) is 25.3 Å². The largest absolute Gasteiger partial charge is 0.496 e. The molecule has 1 N–H and O–H groups in total. The van der Waals surface area contributed by atoms with Crippen LogP contribution in [0.1, 0.15) is 30.4 Å². The fraction of sp³-hybridized carbons (Fsp3) is 0.259. The number of hydrogen-bond donors (Lipinski definition) is 1. The number of carbonyl (C=O) groups is 2. The molecule has 2 aromatic carbocycles. The molecule has 170 valence electrons. The van der Waals surface area contributed by atoms with Crippen LogP contribution in [0.25, 0.3) is 23.1 Å². The minimum atomic E-state index is -0.273. The minimum Gasteiger partial charge on any atom is -0.496 e. The Bertz CT molecular complexity index is 1180. The van der Waals surface area contributed by atoms with Crippen LogP contribution in [-0.2, 0) is 14.3 Å². The topological polar surface area (TPSA) is 77.6 Å². The highest BCUT2D eigenvalue weighted by molar-refractivity contribution is 6.11. The third-order valence-corrected chi connectivity index (χ3v) is 5.50. The molecule has 0 bridgehead atoms. The standard InChI is InChI=1S/C27H27NO5/c1-31-27-17-24(33-18-25-3-2-14-32-25)11-8-21(27)7-10-23(30)16-22(29)9-5-19-4-6-20-12-13-28-26(20)15-19/h4-13,15,17,25,28H,2-3,14,16,18H2,1H3/b9-5+,10-7+. The number of ether oxygens (including phenoxy) is 3. The number of allylic oxidation sites excluding steroid dienone is 2. The van der Waals surface area contributed by atoms with E-state index < -0.39 is 0 Å². The van der Waals surface area contributed by atoms with Gasteiger partial charge in [0.25, 0.3) is 0 Å². The van der Waals surface area contributed by atoms with Crippen molar-refractivity contribution in [3.63, 3.8) is 0 Å². The first-order valence-electron chi connectivity index (χ1n) is 11.0. The monoisotopic (exact) mass is 445 g/mol. The summed E-state index contributed by atoms with van der Waals surface area (Å²) in [5, 5.41) is 1.11. The van der Waals surface area contributed by atoms with Crippen molar-refractivity contribution in [1.82, 2.24) is 4.98 Å². The van der Waals surface area contributed by atoms with Crippen LogP contribution in [0.2, 0.25) is 0 Å². The molecule has 6 nitrogen and oxygen atoms in total. The van der Waals surface area contributed by atoms with E-state index in [2.05, 4.69) is 4.98 Å². The number of fused-ring (bicyclic) bond motifs is 1. The maximum Gasteiger partial charge on any atom is 0.163 e. The number of aromatic amines is 1. The van der Waals surface area contributed by atoms with Crippen LogP contribution in [0.15, 0.2) is 60.8 Å². The number of benzene rings is 2. The van der Waals surface area contributed by atoms with Gasteiger partial charge in [0.15, 0.2) is 11.6 Å². The van der Waals surface area contributed by atoms with Gasteiger partial charge in [-0.1, -0.05) is 18.2 Å². The van der Waals surface area contributed by atoms with Crippen molar-refractivity contribution in [2.24, 2.45) is 0 Å². The van der Waals surface area contributed by atoms with Crippen LogP contribution in [-0.4, -0.2) is 43.0 Å². The van der Waals surface area contributed by atoms with Gasteiger partial charge in [-0.15, -0.1) is 0 Å². The summed E-state index contributed by atoms with van der Waals surface area (Å²) in [6.45, 7) is 1.29. The number of hydrogen-bond acceptors (Lipinski definition) is 5. The van der Waals surface area contributed by atoms with Gasteiger partial charge in [0.1, 0.15) is 18.1 Å². The van der Waals surface area contributed by atoms with Crippen molar-refractivity contribution in [3.8, 4) is 11.5 Å². The maximum absolute atomic E-state index is 12.3. The van der Waals surface area contributed by atoms with Gasteiger partial charge in [-0.25, -0.2) is 0 Å². The summed E-state index contributed by atoms with van der Waals surface area (Å²) in [5.74, 6) is 0.754. The summed E-state index contributed by atoms with van der Waals surface area (Å²) in [6, 6.07) is 13.3. The molecule has 0 aliphatic carbocycles. The van der Waals surface area contributed by atoms with E-state index in [0.717, 1.165) is 41.5 Å². The van der Waals surface area contributed by atoms with E-state index in [1.165, 1.54) is 12.2 Å². The number of aromatic nitrogens is 1. The fourth-order valence-electron chi connectivity index (χ4n) is 3.71. The van der Waals surface area contributed by atoms with Gasteiger partial charge in [-0.2, -0.15) is 0 Å². The molecule has 0 amide bonds. The zero-order valence-corrected chi connectivity index (χ0v) is 18.6. The summed E-state index contributed by atoms with van der Waals surface area (Å²) in [5.41, 5.74) is 2.63. The first kappa shape index (κ1) is 22.6. The first-order chi connectivity index (χ1) is 16.1. The van der Waals surface area contributed by atoms with E-state index in [1.807, 2.05) is 42.6 Å². The van der Waals surface area contributed by atoms with Crippen molar-refractivity contribution in [1.29, 1.82) is 0 Å². The van der Waals surface area contributed by atoms with Crippen molar-refractivity contribution in [2.45, 2.75) is 25.4 Å². The molecule has 1 aliphatic heterocycles. The Morgan fingerprint density at radius 1 is 1.09 bits per heavy atom. The fourth-order valence-corrected chi connectivity index (χ4v) is 3.71. The second-order valence-electron chi connectivity index (χ2n) is 7.95. The lowest BCUT2D eigenvalue weighted by Crippen LogP contribution is -2.16. The quantitative estimate of drug-likeness (QED) is 0.351. The molecular weight excluding hydrogens is 418 g/mol. The molecule has 4 rings (SSSR count).